The molecular weight excluding hydrogens is 286 g/mol. The Balaban J connectivity index is 1.53. The number of nitrogens with one attached hydrogen (secondary N) is 1. The van der Waals surface area contributed by atoms with Crippen molar-refractivity contribution in [2.24, 2.45) is 0 Å². The first kappa shape index (κ1) is 13.9. The molecule has 0 saturated carbocycles. The lowest BCUT2D eigenvalue weighted by molar-refractivity contribution is 0.0952. The van der Waals surface area contributed by atoms with E-state index in [1.54, 1.807) is 6.20 Å². The molecule has 1 aliphatic rings. The molecule has 3 aromatic rings. The Hall–Kier alpha value is -2.75. The Bertz CT molecular complexity index is 883. The maximum atomic E-state index is 12.5. The molecule has 23 heavy (non-hydrogen) atoms. The summed E-state index contributed by atoms with van der Waals surface area (Å²) in [5.41, 5.74) is 4.92. The molecule has 1 aliphatic carbocycles. The van der Waals surface area contributed by atoms with Gasteiger partial charge in [0, 0.05) is 30.0 Å². The second-order valence-corrected chi connectivity index (χ2v) is 5.87. The average Bonchev–Trinajstić information content (AvgIpc) is 3.07. The predicted molar refractivity (Wildman–Crippen MR) is 89.2 cm³/mol. The van der Waals surface area contributed by atoms with E-state index in [1.807, 2.05) is 36.5 Å². The Labute approximate surface area is 134 Å². The second-order valence-electron chi connectivity index (χ2n) is 5.87. The Morgan fingerprint density at radius 3 is 3.00 bits per heavy atom. The zero-order valence-electron chi connectivity index (χ0n) is 12.7. The van der Waals surface area contributed by atoms with Crippen molar-refractivity contribution in [3.63, 3.8) is 0 Å². The molecule has 4 nitrogen and oxygen atoms in total. The van der Waals surface area contributed by atoms with Crippen LogP contribution < -0.4 is 5.32 Å². The number of aryl methyl sites for hydroxylation is 2. The summed E-state index contributed by atoms with van der Waals surface area (Å²) in [6.07, 6.45) is 6.93. The van der Waals surface area contributed by atoms with E-state index in [0.29, 0.717) is 12.1 Å². The van der Waals surface area contributed by atoms with Gasteiger partial charge in [-0.1, -0.05) is 24.3 Å². The summed E-state index contributed by atoms with van der Waals surface area (Å²) in [6, 6.07) is 11.7. The molecule has 1 N–H and O–H groups in total. The van der Waals surface area contributed by atoms with Crippen LogP contribution in [0.15, 0.2) is 48.8 Å². The van der Waals surface area contributed by atoms with Crippen LogP contribution in [0.4, 0.5) is 0 Å². The summed E-state index contributed by atoms with van der Waals surface area (Å²) >= 11 is 0. The van der Waals surface area contributed by atoms with E-state index in [4.69, 9.17) is 0 Å². The minimum atomic E-state index is -0.102. The van der Waals surface area contributed by atoms with Crippen LogP contribution in [0.5, 0.6) is 0 Å². The number of nitrogens with zero attached hydrogens (tertiary/aromatic N) is 2. The molecule has 0 radical (unpaired) electrons. The number of benzene rings is 1. The summed E-state index contributed by atoms with van der Waals surface area (Å²) in [7, 11) is 0. The van der Waals surface area contributed by atoms with Crippen molar-refractivity contribution < 1.29 is 4.79 Å². The highest BCUT2D eigenvalue weighted by Crippen LogP contribution is 2.20. The van der Waals surface area contributed by atoms with Crippen molar-refractivity contribution in [3.05, 3.63) is 71.2 Å². The summed E-state index contributed by atoms with van der Waals surface area (Å²) in [5.74, 6) is -0.102. The third-order valence-corrected chi connectivity index (χ3v) is 4.31. The van der Waals surface area contributed by atoms with Crippen LogP contribution in [0.2, 0.25) is 0 Å². The molecule has 0 unspecified atom stereocenters. The third-order valence-electron chi connectivity index (χ3n) is 4.31. The van der Waals surface area contributed by atoms with Crippen LogP contribution in [0.3, 0.4) is 0 Å². The van der Waals surface area contributed by atoms with Crippen molar-refractivity contribution in [2.75, 3.05) is 0 Å². The minimum absolute atomic E-state index is 0.102. The predicted octanol–water partition coefficient (Wildman–Crippen LogP) is 3.05. The Morgan fingerprint density at radius 2 is 2.04 bits per heavy atom. The second kappa shape index (κ2) is 5.80. The molecule has 0 bridgehead atoms. The highest BCUT2D eigenvalue weighted by atomic mass is 16.1. The number of hydrogen-bond donors (Lipinski definition) is 1. The normalized spacial score (nSPS) is 13.0. The van der Waals surface area contributed by atoms with Crippen LogP contribution in [-0.4, -0.2) is 15.9 Å². The van der Waals surface area contributed by atoms with Gasteiger partial charge >= 0.3 is 0 Å². The largest absolute Gasteiger partial charge is 0.348 e. The molecule has 0 saturated heterocycles. The molecule has 1 amide bonds. The van der Waals surface area contributed by atoms with Gasteiger partial charge in [-0.2, -0.15) is 0 Å². The molecule has 0 fully saturated rings. The molecule has 2 heterocycles. The maximum Gasteiger partial charge on any atom is 0.253 e. The monoisotopic (exact) mass is 303 g/mol. The fourth-order valence-electron chi connectivity index (χ4n) is 3.14. The van der Waals surface area contributed by atoms with Gasteiger partial charge in [0.15, 0.2) is 0 Å². The first-order valence-corrected chi connectivity index (χ1v) is 7.90. The van der Waals surface area contributed by atoms with E-state index in [1.165, 1.54) is 17.7 Å². The molecule has 0 atom stereocenters. The number of carbonyl (C=O) groups is 1. The maximum absolute atomic E-state index is 12.5. The fraction of sp³-hybridized carbons (Fsp3) is 0.211. The molecular formula is C19H17N3O. The molecule has 4 heteroatoms. The number of pyridine rings is 2. The molecule has 4 rings (SSSR count). The lowest BCUT2D eigenvalue weighted by Crippen LogP contribution is -2.23. The van der Waals surface area contributed by atoms with Crippen molar-refractivity contribution in [1.29, 1.82) is 0 Å². The van der Waals surface area contributed by atoms with Gasteiger partial charge in [0.2, 0.25) is 0 Å². The van der Waals surface area contributed by atoms with Crippen LogP contribution >= 0.6 is 0 Å². The lowest BCUT2D eigenvalue weighted by atomic mass is 10.1. The number of amides is 1. The van der Waals surface area contributed by atoms with Crippen molar-refractivity contribution >= 4 is 16.8 Å². The molecule has 0 spiro atoms. The van der Waals surface area contributed by atoms with Crippen LogP contribution in [-0.2, 0) is 19.4 Å². The van der Waals surface area contributed by atoms with Crippen LogP contribution in [0.1, 0.15) is 33.6 Å². The number of hydrogen-bond acceptors (Lipinski definition) is 3. The quantitative estimate of drug-likeness (QED) is 0.809. The van der Waals surface area contributed by atoms with Gasteiger partial charge in [-0.15, -0.1) is 0 Å². The van der Waals surface area contributed by atoms with Crippen molar-refractivity contribution in [2.45, 2.75) is 25.8 Å². The van der Waals surface area contributed by atoms with E-state index in [2.05, 4.69) is 21.4 Å². The SMILES string of the molecule is O=C(NCc1cnc2c(c1)CCC2)c1cccc2cccnc12. The van der Waals surface area contributed by atoms with Crippen LogP contribution in [0, 0.1) is 0 Å². The fourth-order valence-corrected chi connectivity index (χ4v) is 3.14. The molecule has 2 aromatic heterocycles. The standard InChI is InChI=1S/C19H17N3O/c23-19(16-7-1-4-14-6-3-9-20-18(14)16)22-12-13-10-15-5-2-8-17(15)21-11-13/h1,3-4,6-7,9-11H,2,5,8,12H2,(H,22,23). The minimum Gasteiger partial charge on any atom is -0.348 e. The number of rotatable bonds is 3. The average molecular weight is 303 g/mol. The Morgan fingerprint density at radius 1 is 1.13 bits per heavy atom. The summed E-state index contributed by atoms with van der Waals surface area (Å²) < 4.78 is 0. The highest BCUT2D eigenvalue weighted by molar-refractivity contribution is 6.05. The summed E-state index contributed by atoms with van der Waals surface area (Å²) in [4.78, 5) is 21.3. The van der Waals surface area contributed by atoms with Gasteiger partial charge in [-0.25, -0.2) is 0 Å². The van der Waals surface area contributed by atoms with E-state index >= 15 is 0 Å². The first-order chi connectivity index (χ1) is 11.3. The number of para-hydroxylation sites is 1. The molecule has 1 aromatic carbocycles. The number of fused-ring (bicyclic) bond motifs is 2. The van der Waals surface area contributed by atoms with Gasteiger partial charge < -0.3 is 5.32 Å². The Kier molecular flexibility index (Phi) is 3.50. The molecule has 114 valence electrons. The van der Waals surface area contributed by atoms with Gasteiger partial charge in [-0.3, -0.25) is 14.8 Å². The summed E-state index contributed by atoms with van der Waals surface area (Å²) in [5, 5.41) is 3.95. The van der Waals surface area contributed by atoms with Crippen LogP contribution in [0.25, 0.3) is 10.9 Å². The van der Waals surface area contributed by atoms with Gasteiger partial charge in [0.1, 0.15) is 0 Å². The van der Waals surface area contributed by atoms with Gasteiger partial charge in [-0.05, 0) is 42.5 Å². The number of carbonyl (C=O) groups excluding carboxylic acids is 1. The van der Waals surface area contributed by atoms with E-state index in [9.17, 15) is 4.79 Å². The third kappa shape index (κ3) is 2.68. The van der Waals surface area contributed by atoms with Crippen molar-refractivity contribution in [1.82, 2.24) is 15.3 Å². The van der Waals surface area contributed by atoms with Crippen molar-refractivity contribution in [3.8, 4) is 0 Å². The lowest BCUT2D eigenvalue weighted by Gasteiger charge is -2.08. The highest BCUT2D eigenvalue weighted by Gasteiger charge is 2.14. The van der Waals surface area contributed by atoms with Gasteiger partial charge in [0.05, 0.1) is 11.1 Å². The summed E-state index contributed by atoms with van der Waals surface area (Å²) in [6.45, 7) is 0.488. The molecule has 0 aliphatic heterocycles. The first-order valence-electron chi connectivity index (χ1n) is 7.90. The topological polar surface area (TPSA) is 54.9 Å². The van der Waals surface area contributed by atoms with E-state index in [-0.39, 0.29) is 5.91 Å². The zero-order chi connectivity index (χ0) is 15.6. The number of aromatic nitrogens is 2. The van der Waals surface area contributed by atoms with Gasteiger partial charge in [0.25, 0.3) is 5.91 Å². The van der Waals surface area contributed by atoms with E-state index in [0.717, 1.165) is 29.3 Å². The smallest absolute Gasteiger partial charge is 0.253 e. The zero-order valence-corrected chi connectivity index (χ0v) is 12.7. The van der Waals surface area contributed by atoms with E-state index < -0.39 is 0 Å².